The summed E-state index contributed by atoms with van der Waals surface area (Å²) in [4.78, 5) is 0. The third kappa shape index (κ3) is 4.43. The highest BCUT2D eigenvalue weighted by atomic mass is 32.2. The molecule has 0 unspecified atom stereocenters. The van der Waals surface area contributed by atoms with Crippen LogP contribution in [0, 0.1) is 0 Å². The summed E-state index contributed by atoms with van der Waals surface area (Å²) in [5, 5.41) is 0. The number of hydrogen-bond donors (Lipinski definition) is 1. The largest absolute Gasteiger partial charge is 0.378 e. The van der Waals surface area contributed by atoms with E-state index in [9.17, 15) is 8.42 Å². The van der Waals surface area contributed by atoms with E-state index in [1.165, 1.54) is 0 Å². The Morgan fingerprint density at radius 1 is 1.29 bits per heavy atom. The fraction of sp³-hybridized carbons (Fsp3) is 0.600. The minimum absolute atomic E-state index is 0.0142. The Hall–Kier alpha value is -1.11. The maximum absolute atomic E-state index is 12.6. The first-order valence-electron chi connectivity index (χ1n) is 7.37. The normalized spacial score (nSPS) is 15.4. The van der Waals surface area contributed by atoms with Crippen LogP contribution in [0.5, 0.6) is 0 Å². The average molecular weight is 312 g/mol. The molecule has 0 aliphatic heterocycles. The molecule has 1 aromatic carbocycles. The predicted octanol–water partition coefficient (Wildman–Crippen LogP) is 1.87. The Labute approximate surface area is 127 Å². The summed E-state index contributed by atoms with van der Waals surface area (Å²) in [6, 6.07) is 7.52. The number of anilines is 1. The highest BCUT2D eigenvalue weighted by Crippen LogP contribution is 2.34. The third-order valence-electron chi connectivity index (χ3n) is 3.40. The van der Waals surface area contributed by atoms with Crippen molar-refractivity contribution in [1.82, 2.24) is 0 Å². The Morgan fingerprint density at radius 3 is 2.38 bits per heavy atom. The van der Waals surface area contributed by atoms with Crippen molar-refractivity contribution in [2.75, 3.05) is 16.7 Å². The van der Waals surface area contributed by atoms with Crippen LogP contribution >= 0.6 is 0 Å². The van der Waals surface area contributed by atoms with Gasteiger partial charge in [-0.1, -0.05) is 12.1 Å². The van der Waals surface area contributed by atoms with Gasteiger partial charge in [0.05, 0.1) is 24.2 Å². The summed E-state index contributed by atoms with van der Waals surface area (Å²) in [7, 11) is -3.35. The number of rotatable bonds is 8. The average Bonchev–Trinajstić information content (AvgIpc) is 3.23. The van der Waals surface area contributed by atoms with Crippen molar-refractivity contribution in [3.63, 3.8) is 0 Å². The van der Waals surface area contributed by atoms with Crippen LogP contribution in [0.1, 0.15) is 32.3 Å². The zero-order valence-electron chi connectivity index (χ0n) is 12.7. The smallest absolute Gasteiger partial charge is 0.237 e. The molecule has 1 aliphatic carbocycles. The van der Waals surface area contributed by atoms with Gasteiger partial charge < -0.3 is 10.5 Å². The van der Waals surface area contributed by atoms with E-state index >= 15 is 0 Å². The van der Waals surface area contributed by atoms with Crippen molar-refractivity contribution in [2.24, 2.45) is 5.73 Å². The zero-order valence-corrected chi connectivity index (χ0v) is 13.5. The molecule has 118 valence electrons. The zero-order chi connectivity index (χ0) is 15.5. The molecule has 0 radical (unpaired) electrons. The number of hydrogen-bond acceptors (Lipinski definition) is 4. The lowest BCUT2D eigenvalue weighted by molar-refractivity contribution is 0.0912. The van der Waals surface area contributed by atoms with E-state index in [1.54, 1.807) is 4.31 Å². The Kier molecular flexibility index (Phi) is 5.24. The summed E-state index contributed by atoms with van der Waals surface area (Å²) in [6.45, 7) is 4.48. The van der Waals surface area contributed by atoms with Gasteiger partial charge >= 0.3 is 0 Å². The Morgan fingerprint density at radius 2 is 1.90 bits per heavy atom. The van der Waals surface area contributed by atoms with Gasteiger partial charge in [0.2, 0.25) is 10.0 Å². The lowest BCUT2D eigenvalue weighted by Crippen LogP contribution is -2.36. The maximum Gasteiger partial charge on any atom is 0.237 e. The molecule has 1 aliphatic rings. The van der Waals surface area contributed by atoms with Gasteiger partial charge in [0.25, 0.3) is 0 Å². The molecule has 6 heteroatoms. The van der Waals surface area contributed by atoms with Crippen molar-refractivity contribution in [3.05, 3.63) is 29.8 Å². The molecule has 0 saturated heterocycles. The number of benzene rings is 1. The lowest BCUT2D eigenvalue weighted by atomic mass is 10.2. The van der Waals surface area contributed by atoms with E-state index in [2.05, 4.69) is 0 Å². The van der Waals surface area contributed by atoms with Crippen LogP contribution in [0.2, 0.25) is 0 Å². The standard InChI is InChI=1S/C15H24N2O3S/c1-12(2)20-9-10-21(18,19)17(15-7-8-15)14-5-3-13(11-16)4-6-14/h3-6,12,15H,7-11,16H2,1-2H3. The first-order valence-corrected chi connectivity index (χ1v) is 8.97. The summed E-state index contributed by atoms with van der Waals surface area (Å²) >= 11 is 0. The van der Waals surface area contributed by atoms with Crippen molar-refractivity contribution < 1.29 is 13.2 Å². The van der Waals surface area contributed by atoms with Crippen molar-refractivity contribution >= 4 is 15.7 Å². The van der Waals surface area contributed by atoms with Crippen LogP contribution in [0.25, 0.3) is 0 Å². The van der Waals surface area contributed by atoms with Crippen LogP contribution in [0.3, 0.4) is 0 Å². The SMILES string of the molecule is CC(C)OCCS(=O)(=O)N(c1ccc(CN)cc1)C1CC1. The third-order valence-corrected chi connectivity index (χ3v) is 5.19. The van der Waals surface area contributed by atoms with Crippen LogP contribution < -0.4 is 10.0 Å². The first kappa shape index (κ1) is 16.3. The minimum Gasteiger partial charge on any atom is -0.378 e. The predicted molar refractivity (Wildman–Crippen MR) is 84.7 cm³/mol. The molecule has 0 aromatic heterocycles. The summed E-state index contributed by atoms with van der Waals surface area (Å²) < 4.78 is 32.1. The van der Waals surface area contributed by atoms with Gasteiger partial charge in [-0.05, 0) is 44.4 Å². The molecule has 0 amide bonds. The van der Waals surface area contributed by atoms with E-state index < -0.39 is 10.0 Å². The Bertz CT molecular complexity index is 551. The lowest BCUT2D eigenvalue weighted by Gasteiger charge is -2.24. The molecule has 1 fully saturated rings. The number of sulfonamides is 1. The van der Waals surface area contributed by atoms with E-state index in [-0.39, 0.29) is 24.5 Å². The molecule has 0 bridgehead atoms. The molecule has 0 heterocycles. The van der Waals surface area contributed by atoms with Crippen LogP contribution in [-0.4, -0.2) is 32.9 Å². The second-order valence-electron chi connectivity index (χ2n) is 5.63. The number of nitrogens with zero attached hydrogens (tertiary/aromatic N) is 1. The molecule has 0 atom stereocenters. The summed E-state index contributed by atoms with van der Waals surface area (Å²) in [6.07, 6.45) is 1.88. The van der Waals surface area contributed by atoms with E-state index in [4.69, 9.17) is 10.5 Å². The van der Waals surface area contributed by atoms with Crippen LogP contribution in [0.4, 0.5) is 5.69 Å². The summed E-state index contributed by atoms with van der Waals surface area (Å²) in [5.41, 5.74) is 7.30. The van der Waals surface area contributed by atoms with Crippen molar-refractivity contribution in [1.29, 1.82) is 0 Å². The second kappa shape index (κ2) is 6.77. The topological polar surface area (TPSA) is 72.6 Å². The first-order chi connectivity index (χ1) is 9.94. The monoisotopic (exact) mass is 312 g/mol. The quantitative estimate of drug-likeness (QED) is 0.795. The summed E-state index contributed by atoms with van der Waals surface area (Å²) in [5.74, 6) is 0.0142. The Balaban J connectivity index is 2.13. The fourth-order valence-corrected chi connectivity index (χ4v) is 3.79. The van der Waals surface area contributed by atoms with E-state index in [1.807, 2.05) is 38.1 Å². The minimum atomic E-state index is -3.35. The van der Waals surface area contributed by atoms with Crippen molar-refractivity contribution in [2.45, 2.75) is 45.4 Å². The molecule has 5 nitrogen and oxygen atoms in total. The van der Waals surface area contributed by atoms with Crippen molar-refractivity contribution in [3.8, 4) is 0 Å². The second-order valence-corrected chi connectivity index (χ2v) is 7.60. The van der Waals surface area contributed by atoms with E-state index in [0.717, 1.165) is 24.1 Å². The highest BCUT2D eigenvalue weighted by Gasteiger charge is 2.37. The van der Waals surface area contributed by atoms with Gasteiger partial charge in [-0.25, -0.2) is 8.42 Å². The van der Waals surface area contributed by atoms with Crippen LogP contribution in [0.15, 0.2) is 24.3 Å². The molecule has 2 N–H and O–H groups in total. The molecule has 1 aromatic rings. The highest BCUT2D eigenvalue weighted by molar-refractivity contribution is 7.92. The molecule has 21 heavy (non-hydrogen) atoms. The van der Waals surface area contributed by atoms with Gasteiger partial charge in [-0.15, -0.1) is 0 Å². The van der Waals surface area contributed by atoms with Gasteiger partial charge in [0, 0.05) is 12.6 Å². The van der Waals surface area contributed by atoms with Crippen LogP contribution in [-0.2, 0) is 21.3 Å². The molecule has 1 saturated carbocycles. The van der Waals surface area contributed by atoms with Gasteiger partial charge in [0.1, 0.15) is 0 Å². The fourth-order valence-electron chi connectivity index (χ4n) is 2.17. The van der Waals surface area contributed by atoms with Gasteiger partial charge in [-0.2, -0.15) is 0 Å². The maximum atomic E-state index is 12.6. The van der Waals surface area contributed by atoms with Gasteiger partial charge in [0.15, 0.2) is 0 Å². The number of ether oxygens (including phenoxy) is 1. The van der Waals surface area contributed by atoms with E-state index in [0.29, 0.717) is 6.54 Å². The number of nitrogens with two attached hydrogens (primary N) is 1. The molecule has 0 spiro atoms. The molecular formula is C15H24N2O3S. The molecule has 2 rings (SSSR count). The molecular weight excluding hydrogens is 288 g/mol. The van der Waals surface area contributed by atoms with Gasteiger partial charge in [-0.3, -0.25) is 4.31 Å².